The van der Waals surface area contributed by atoms with Crippen molar-refractivity contribution in [2.75, 3.05) is 20.2 Å². The summed E-state index contributed by atoms with van der Waals surface area (Å²) in [7, 11) is 1.55. The van der Waals surface area contributed by atoms with Gasteiger partial charge in [-0.25, -0.2) is 4.98 Å². The summed E-state index contributed by atoms with van der Waals surface area (Å²) in [5.41, 5.74) is 5.91. The lowest BCUT2D eigenvalue weighted by Crippen LogP contribution is -2.35. The van der Waals surface area contributed by atoms with Gasteiger partial charge in [-0.05, 0) is 54.5 Å². The predicted octanol–water partition coefficient (Wildman–Crippen LogP) is 6.53. The summed E-state index contributed by atoms with van der Waals surface area (Å²) in [5.74, 6) is 0.538. The lowest BCUT2D eigenvalue weighted by molar-refractivity contribution is -0.120. The molecule has 4 heterocycles. The third-order valence-corrected chi connectivity index (χ3v) is 10.6. The van der Waals surface area contributed by atoms with Gasteiger partial charge in [-0.3, -0.25) is 9.59 Å². The lowest BCUT2D eigenvalue weighted by atomic mass is 9.94. The minimum absolute atomic E-state index is 0.00504. The Morgan fingerprint density at radius 2 is 1.46 bits per heavy atom. The normalized spacial score (nSPS) is 19.2. The summed E-state index contributed by atoms with van der Waals surface area (Å²) in [6, 6.07) is 16.8. The summed E-state index contributed by atoms with van der Waals surface area (Å²) in [6.07, 6.45) is 3.59. The van der Waals surface area contributed by atoms with Gasteiger partial charge in [0, 0.05) is 73.4 Å². The molecule has 2 saturated heterocycles. The molecule has 2 aromatic heterocycles. The summed E-state index contributed by atoms with van der Waals surface area (Å²) in [4.78, 5) is 32.1. The van der Waals surface area contributed by atoms with Gasteiger partial charge in [0.25, 0.3) is 0 Å². The van der Waals surface area contributed by atoms with E-state index in [1.165, 1.54) is 0 Å². The minimum atomic E-state index is -3.07. The molecule has 2 aliphatic heterocycles. The number of rotatable bonds is 15. The first-order valence-corrected chi connectivity index (χ1v) is 18.7. The van der Waals surface area contributed by atoms with Gasteiger partial charge >= 0.3 is 6.61 Å². The standard InChI is InChI=1S/C39H40Cl2F2N6O5/c1-52-36-22(18-45-20-24-10-15-34(51)47-24)16-30(40)38(49-36)53-32-13-11-26-25(4-2-5-27(26)32)28-6-3-7-29(35(28)41)31-12-8-21(37(48-31)54-39(42)43)17-44-19-23-9-14-33(50)46-23/h2-8,12,16,23-24,32,39,44-45H,9-11,13-15,17-20H2,1H3,(H,46,50)(H,47,51)/t23-,24-,32-/m0/s1. The van der Waals surface area contributed by atoms with Crippen LogP contribution in [-0.2, 0) is 29.1 Å². The summed E-state index contributed by atoms with van der Waals surface area (Å²) in [6.45, 7) is -1.26. The number of carbonyl (C=O) groups is 2. The van der Waals surface area contributed by atoms with Crippen LogP contribution >= 0.6 is 23.2 Å². The van der Waals surface area contributed by atoms with Crippen molar-refractivity contribution in [1.29, 1.82) is 0 Å². The highest BCUT2D eigenvalue weighted by molar-refractivity contribution is 6.36. The number of amides is 2. The molecule has 0 unspecified atom stereocenters. The van der Waals surface area contributed by atoms with Crippen molar-refractivity contribution in [3.8, 4) is 40.0 Å². The molecule has 3 aliphatic rings. The Balaban J connectivity index is 1.08. The summed E-state index contributed by atoms with van der Waals surface area (Å²) < 4.78 is 43.8. The maximum absolute atomic E-state index is 13.5. The number of methoxy groups -OCH3 is 1. The van der Waals surface area contributed by atoms with Crippen LogP contribution in [0.1, 0.15) is 60.5 Å². The number of aromatic nitrogens is 2. The van der Waals surface area contributed by atoms with Gasteiger partial charge in [0.2, 0.25) is 29.5 Å². The fraction of sp³-hybridized carbons (Fsp3) is 0.385. The van der Waals surface area contributed by atoms with Crippen LogP contribution in [0.15, 0.2) is 54.6 Å². The average molecular weight is 782 g/mol. The van der Waals surface area contributed by atoms with Crippen LogP contribution in [0, 0.1) is 0 Å². The van der Waals surface area contributed by atoms with E-state index in [1.807, 2.05) is 30.3 Å². The molecule has 3 atom stereocenters. The van der Waals surface area contributed by atoms with Crippen LogP contribution < -0.4 is 35.5 Å². The molecule has 7 rings (SSSR count). The number of carbonyl (C=O) groups excluding carboxylic acids is 2. The van der Waals surface area contributed by atoms with E-state index in [4.69, 9.17) is 37.4 Å². The number of halogens is 4. The molecule has 1 aliphatic carbocycles. The van der Waals surface area contributed by atoms with Crippen molar-refractivity contribution < 1.29 is 32.6 Å². The summed E-state index contributed by atoms with van der Waals surface area (Å²) >= 11 is 13.8. The van der Waals surface area contributed by atoms with Crippen molar-refractivity contribution in [3.05, 3.63) is 86.9 Å². The number of nitrogens with zero attached hydrogens (tertiary/aromatic N) is 2. The Bertz CT molecular complexity index is 2040. The molecule has 54 heavy (non-hydrogen) atoms. The van der Waals surface area contributed by atoms with Crippen LogP contribution in [0.3, 0.4) is 0 Å². The molecule has 4 N–H and O–H groups in total. The SMILES string of the molecule is COc1nc(O[C@H]2CCc3c(-c4cccc(-c5ccc(CNC[C@@H]6CCC(=O)N6)c(OC(F)F)n5)c4Cl)cccc32)c(Cl)cc1CNC[C@@H]1CCC(=O)N1. The topological polar surface area (TPSA) is 136 Å². The van der Waals surface area contributed by atoms with Crippen molar-refractivity contribution >= 4 is 35.0 Å². The Hall–Kier alpha value is -4.56. The number of benzene rings is 2. The van der Waals surface area contributed by atoms with Gasteiger partial charge in [0.1, 0.15) is 11.1 Å². The number of hydrogen-bond donors (Lipinski definition) is 4. The third kappa shape index (κ3) is 8.54. The second kappa shape index (κ2) is 16.8. The van der Waals surface area contributed by atoms with Gasteiger partial charge in [-0.15, -0.1) is 0 Å². The fourth-order valence-electron chi connectivity index (χ4n) is 7.31. The van der Waals surface area contributed by atoms with Gasteiger partial charge in [-0.2, -0.15) is 13.8 Å². The van der Waals surface area contributed by atoms with E-state index >= 15 is 0 Å². The first-order chi connectivity index (χ1) is 26.2. The Labute approximate surface area is 321 Å². The molecular formula is C39H40Cl2F2N6O5. The van der Waals surface area contributed by atoms with Crippen molar-refractivity contribution in [3.63, 3.8) is 0 Å². The third-order valence-electron chi connectivity index (χ3n) is 9.93. The number of hydrogen-bond acceptors (Lipinski definition) is 9. The van der Waals surface area contributed by atoms with Gasteiger partial charge < -0.3 is 35.5 Å². The van der Waals surface area contributed by atoms with Gasteiger partial charge in [-0.1, -0.05) is 65.7 Å². The second-order valence-electron chi connectivity index (χ2n) is 13.5. The molecule has 284 valence electrons. The largest absolute Gasteiger partial charge is 0.481 e. The van der Waals surface area contributed by atoms with Crippen LogP contribution in [0.2, 0.25) is 10.0 Å². The Kier molecular flexibility index (Phi) is 11.8. The zero-order chi connectivity index (χ0) is 37.8. The Morgan fingerprint density at radius 1 is 0.796 bits per heavy atom. The fourth-order valence-corrected chi connectivity index (χ4v) is 7.85. The number of alkyl halides is 2. The number of fused-ring (bicyclic) bond motifs is 1. The van der Waals surface area contributed by atoms with E-state index in [1.54, 1.807) is 31.4 Å². The van der Waals surface area contributed by atoms with Gasteiger partial charge in [0.05, 0.1) is 17.8 Å². The minimum Gasteiger partial charge on any atom is -0.481 e. The lowest BCUT2D eigenvalue weighted by Gasteiger charge is -2.19. The van der Waals surface area contributed by atoms with Crippen LogP contribution in [0.4, 0.5) is 8.78 Å². The van der Waals surface area contributed by atoms with E-state index < -0.39 is 6.61 Å². The van der Waals surface area contributed by atoms with Crippen molar-refractivity contribution in [2.24, 2.45) is 0 Å². The molecule has 2 aromatic carbocycles. The number of nitrogens with one attached hydrogen (secondary N) is 4. The Morgan fingerprint density at radius 3 is 2.13 bits per heavy atom. The molecule has 0 radical (unpaired) electrons. The molecular weight excluding hydrogens is 741 g/mol. The number of pyridine rings is 2. The molecule has 2 amide bonds. The molecule has 0 saturated carbocycles. The average Bonchev–Trinajstić information content (AvgIpc) is 3.89. The second-order valence-corrected chi connectivity index (χ2v) is 14.3. The van der Waals surface area contributed by atoms with Gasteiger partial charge in [0.15, 0.2) is 0 Å². The van der Waals surface area contributed by atoms with E-state index in [9.17, 15) is 18.4 Å². The van der Waals surface area contributed by atoms with E-state index in [0.717, 1.165) is 34.2 Å². The van der Waals surface area contributed by atoms with E-state index in [2.05, 4.69) is 31.2 Å². The van der Waals surface area contributed by atoms with Crippen LogP contribution in [-0.4, -0.2) is 60.7 Å². The van der Waals surface area contributed by atoms with Crippen LogP contribution in [0.25, 0.3) is 22.4 Å². The highest BCUT2D eigenvalue weighted by Crippen LogP contribution is 2.44. The van der Waals surface area contributed by atoms with Crippen LogP contribution in [0.5, 0.6) is 17.6 Å². The highest BCUT2D eigenvalue weighted by atomic mass is 35.5. The molecule has 2 fully saturated rings. The van der Waals surface area contributed by atoms with Crippen molar-refractivity contribution in [2.45, 2.75) is 76.4 Å². The first-order valence-electron chi connectivity index (χ1n) is 17.9. The zero-order valence-corrected chi connectivity index (χ0v) is 31.0. The number of ether oxygens (including phenoxy) is 3. The molecule has 4 aromatic rings. The predicted molar refractivity (Wildman–Crippen MR) is 200 cm³/mol. The maximum atomic E-state index is 13.5. The van der Waals surface area contributed by atoms with E-state index in [0.29, 0.717) is 84.5 Å². The van der Waals surface area contributed by atoms with E-state index in [-0.39, 0.29) is 48.3 Å². The smallest absolute Gasteiger partial charge is 0.388 e. The quantitative estimate of drug-likeness (QED) is 0.106. The first kappa shape index (κ1) is 37.7. The van der Waals surface area contributed by atoms with Crippen molar-refractivity contribution in [1.82, 2.24) is 31.2 Å². The molecule has 0 bridgehead atoms. The summed E-state index contributed by atoms with van der Waals surface area (Å²) in [5, 5.41) is 13.1. The molecule has 0 spiro atoms. The molecule has 11 nitrogen and oxygen atoms in total. The maximum Gasteiger partial charge on any atom is 0.388 e. The molecule has 15 heteroatoms. The zero-order valence-electron chi connectivity index (χ0n) is 29.5. The monoisotopic (exact) mass is 780 g/mol. The highest BCUT2D eigenvalue weighted by Gasteiger charge is 2.29.